The Hall–Kier alpha value is -1.97. The number of carbonyl (C=O) groups excluding carboxylic acids is 2. The van der Waals surface area contributed by atoms with E-state index in [4.69, 9.17) is 40.2 Å². The molecule has 0 bridgehead atoms. The maximum absolute atomic E-state index is 12.3. The van der Waals surface area contributed by atoms with Crippen LogP contribution in [0.1, 0.15) is 13.3 Å². The van der Waals surface area contributed by atoms with Gasteiger partial charge in [0.25, 0.3) is 11.8 Å². The molecule has 2 amide bonds. The van der Waals surface area contributed by atoms with Gasteiger partial charge in [-0.15, -0.1) is 0 Å². The first-order valence-electron chi connectivity index (χ1n) is 9.79. The van der Waals surface area contributed by atoms with E-state index in [1.165, 1.54) is 6.08 Å². The third-order valence-corrected chi connectivity index (χ3v) is 5.84. The van der Waals surface area contributed by atoms with Crippen LogP contribution >= 0.6 is 35.4 Å². The quantitative estimate of drug-likeness (QED) is 0.516. The molecule has 2 aliphatic rings. The van der Waals surface area contributed by atoms with E-state index < -0.39 is 12.2 Å². The maximum Gasteiger partial charge on any atom is 0.255 e. The number of benzene rings is 1. The number of aliphatic hydroxyl groups excluding tert-OH is 1. The summed E-state index contributed by atoms with van der Waals surface area (Å²) in [5, 5.41) is 16.8. The van der Waals surface area contributed by atoms with Crippen molar-refractivity contribution in [1.29, 1.82) is 0 Å². The van der Waals surface area contributed by atoms with Crippen LogP contribution in [0.4, 0.5) is 11.4 Å². The summed E-state index contributed by atoms with van der Waals surface area (Å²) < 4.78 is 5.34. The van der Waals surface area contributed by atoms with Gasteiger partial charge in [0.05, 0.1) is 29.0 Å². The monoisotopic (exact) mass is 483 g/mol. The highest BCUT2D eigenvalue weighted by Gasteiger charge is 2.28. The molecule has 0 saturated carbocycles. The fraction of sp³-hybridized carbons (Fsp3) is 0.381. The molecule has 2 atom stereocenters. The van der Waals surface area contributed by atoms with Crippen LogP contribution in [0.2, 0.25) is 5.02 Å². The molecule has 3 N–H and O–H groups in total. The lowest BCUT2D eigenvalue weighted by Gasteiger charge is -2.31. The molecule has 10 heteroatoms. The van der Waals surface area contributed by atoms with E-state index >= 15 is 0 Å². The van der Waals surface area contributed by atoms with Gasteiger partial charge in [-0.05, 0) is 31.2 Å². The van der Waals surface area contributed by atoms with Gasteiger partial charge in [0.1, 0.15) is 6.10 Å². The lowest BCUT2D eigenvalue weighted by molar-refractivity contribution is -0.132. The molecule has 1 aromatic carbocycles. The average Bonchev–Trinajstić information content (AvgIpc) is 2.74. The number of anilines is 2. The van der Waals surface area contributed by atoms with Crippen molar-refractivity contribution in [1.82, 2.24) is 5.32 Å². The molecule has 0 spiro atoms. The van der Waals surface area contributed by atoms with Crippen molar-refractivity contribution < 1.29 is 19.4 Å². The minimum absolute atomic E-state index is 0.0408. The van der Waals surface area contributed by atoms with E-state index in [2.05, 4.69) is 10.6 Å². The highest BCUT2D eigenvalue weighted by atomic mass is 35.5. The summed E-state index contributed by atoms with van der Waals surface area (Å²) in [5.74, 6) is -0.503. The Morgan fingerprint density at radius 3 is 2.90 bits per heavy atom. The first-order valence-corrected chi connectivity index (χ1v) is 11.0. The Kier molecular flexibility index (Phi) is 8.07. The largest absolute Gasteiger partial charge is 0.389 e. The van der Waals surface area contributed by atoms with E-state index in [1.54, 1.807) is 36.1 Å². The van der Waals surface area contributed by atoms with Gasteiger partial charge in [-0.25, -0.2) is 0 Å². The number of nitrogens with zero attached hydrogens (tertiary/aromatic N) is 1. The molecule has 1 saturated heterocycles. The summed E-state index contributed by atoms with van der Waals surface area (Å²) in [4.78, 5) is 26.7. The summed E-state index contributed by atoms with van der Waals surface area (Å²) in [6.07, 6.45) is 2.37. The Morgan fingerprint density at radius 2 is 2.16 bits per heavy atom. The van der Waals surface area contributed by atoms with Crippen molar-refractivity contribution >= 4 is 63.5 Å². The van der Waals surface area contributed by atoms with Crippen molar-refractivity contribution in [2.75, 3.05) is 36.5 Å². The van der Waals surface area contributed by atoms with Gasteiger partial charge in [0.15, 0.2) is 0 Å². The number of aliphatic hydroxyl groups is 1. The first-order chi connectivity index (χ1) is 14.8. The smallest absolute Gasteiger partial charge is 0.255 e. The SMILES string of the molecule is CC1OCCN(c2ccc(NCC(O)CNC(=O)C3=CC(Cl)=CCC3=S)cc2Cl)C1=O. The van der Waals surface area contributed by atoms with E-state index in [-0.39, 0.29) is 24.9 Å². The summed E-state index contributed by atoms with van der Waals surface area (Å²) in [6, 6.07) is 5.22. The number of ether oxygens (including phenoxy) is 1. The first kappa shape index (κ1) is 23.7. The Morgan fingerprint density at radius 1 is 1.39 bits per heavy atom. The van der Waals surface area contributed by atoms with Crippen LogP contribution in [0.3, 0.4) is 0 Å². The van der Waals surface area contributed by atoms with Crippen molar-refractivity contribution in [3.8, 4) is 0 Å². The number of hydrogen-bond acceptors (Lipinski definition) is 6. The normalized spacial score (nSPS) is 20.1. The van der Waals surface area contributed by atoms with Crippen LogP contribution < -0.4 is 15.5 Å². The van der Waals surface area contributed by atoms with Crippen LogP contribution in [0.15, 0.2) is 41.0 Å². The number of hydrogen-bond donors (Lipinski definition) is 3. The van der Waals surface area contributed by atoms with Gasteiger partial charge in [-0.2, -0.15) is 0 Å². The molecule has 1 aliphatic heterocycles. The Bertz CT molecular complexity index is 951. The fourth-order valence-electron chi connectivity index (χ4n) is 3.18. The molecule has 1 heterocycles. The number of allylic oxidation sites excluding steroid dienone is 3. The minimum Gasteiger partial charge on any atom is -0.389 e. The molecule has 1 fully saturated rings. The second-order valence-electron chi connectivity index (χ2n) is 7.19. The summed E-state index contributed by atoms with van der Waals surface area (Å²) in [5.41, 5.74) is 1.64. The number of halogens is 2. The van der Waals surface area contributed by atoms with Crippen LogP contribution in [0.5, 0.6) is 0 Å². The maximum atomic E-state index is 12.3. The van der Waals surface area contributed by atoms with Crippen molar-refractivity contribution in [3.63, 3.8) is 0 Å². The number of rotatable bonds is 7. The molecule has 0 radical (unpaired) electrons. The molecule has 166 valence electrons. The highest BCUT2D eigenvalue weighted by Crippen LogP contribution is 2.30. The third-order valence-electron chi connectivity index (χ3n) is 4.88. The second kappa shape index (κ2) is 10.6. The van der Waals surface area contributed by atoms with Crippen molar-refractivity contribution in [3.05, 3.63) is 46.0 Å². The molecule has 31 heavy (non-hydrogen) atoms. The van der Waals surface area contributed by atoms with Crippen molar-refractivity contribution in [2.24, 2.45) is 0 Å². The molecule has 0 aromatic heterocycles. The predicted octanol–water partition coefficient (Wildman–Crippen LogP) is 2.80. The number of morpholine rings is 1. The Labute approximate surface area is 196 Å². The van der Waals surface area contributed by atoms with E-state index in [0.29, 0.717) is 51.4 Å². The molecule has 7 nitrogen and oxygen atoms in total. The standard InChI is InChI=1S/C21H23Cl2N3O4S/c1-12-21(29)26(6-7-30-12)18-4-3-14(9-17(18)23)24-10-15(27)11-25-20(28)16-8-13(22)2-5-19(16)31/h2-4,8-9,12,15,24,27H,5-7,10-11H2,1H3,(H,25,28). The molecule has 2 unspecified atom stereocenters. The predicted molar refractivity (Wildman–Crippen MR) is 126 cm³/mol. The van der Waals surface area contributed by atoms with Gasteiger partial charge >= 0.3 is 0 Å². The van der Waals surface area contributed by atoms with Crippen LogP contribution in [-0.4, -0.2) is 60.2 Å². The van der Waals surface area contributed by atoms with Gasteiger partial charge in [0.2, 0.25) is 0 Å². The molecule has 3 rings (SSSR count). The summed E-state index contributed by atoms with van der Waals surface area (Å²) in [6.45, 7) is 2.83. The van der Waals surface area contributed by atoms with Gasteiger partial charge in [-0.1, -0.05) is 41.5 Å². The summed E-state index contributed by atoms with van der Waals surface area (Å²) in [7, 11) is 0. The van der Waals surface area contributed by atoms with Gasteiger partial charge in [0, 0.05) is 41.6 Å². The topological polar surface area (TPSA) is 90.9 Å². The van der Waals surface area contributed by atoms with Gasteiger partial charge < -0.3 is 25.4 Å². The Balaban J connectivity index is 1.51. The zero-order valence-electron chi connectivity index (χ0n) is 16.9. The van der Waals surface area contributed by atoms with Crippen LogP contribution in [0.25, 0.3) is 0 Å². The molecule has 1 aliphatic carbocycles. The molecular weight excluding hydrogens is 461 g/mol. The highest BCUT2D eigenvalue weighted by molar-refractivity contribution is 7.81. The number of amides is 2. The number of thiocarbonyl (C=S) groups is 1. The zero-order valence-corrected chi connectivity index (χ0v) is 19.2. The fourth-order valence-corrected chi connectivity index (χ4v) is 3.88. The molecule has 1 aromatic rings. The van der Waals surface area contributed by atoms with E-state index in [1.807, 2.05) is 0 Å². The summed E-state index contributed by atoms with van der Waals surface area (Å²) >= 11 is 17.5. The number of carbonyl (C=O) groups is 2. The lowest BCUT2D eigenvalue weighted by atomic mass is 10.0. The third kappa shape index (κ3) is 6.05. The second-order valence-corrected chi connectivity index (χ2v) is 8.52. The molecular formula is C21H23Cl2N3O4S. The number of nitrogens with one attached hydrogen (secondary N) is 2. The van der Waals surface area contributed by atoms with Crippen LogP contribution in [-0.2, 0) is 14.3 Å². The zero-order chi connectivity index (χ0) is 22.5. The van der Waals surface area contributed by atoms with Crippen molar-refractivity contribution in [2.45, 2.75) is 25.6 Å². The van der Waals surface area contributed by atoms with Gasteiger partial charge in [-0.3, -0.25) is 9.59 Å². The van der Waals surface area contributed by atoms with Crippen LogP contribution in [0, 0.1) is 0 Å². The average molecular weight is 484 g/mol. The lowest BCUT2D eigenvalue weighted by Crippen LogP contribution is -2.46. The minimum atomic E-state index is -0.840. The van der Waals surface area contributed by atoms with E-state index in [9.17, 15) is 14.7 Å². The van der Waals surface area contributed by atoms with E-state index in [0.717, 1.165) is 0 Å².